The van der Waals surface area contributed by atoms with Crippen molar-refractivity contribution in [3.63, 3.8) is 0 Å². The second kappa shape index (κ2) is 10.6. The lowest BCUT2D eigenvalue weighted by atomic mass is 9.88. The van der Waals surface area contributed by atoms with Crippen molar-refractivity contribution >= 4 is 11.7 Å². The Kier molecular flexibility index (Phi) is 7.63. The van der Waals surface area contributed by atoms with Crippen LogP contribution in [-0.2, 0) is 11.3 Å². The van der Waals surface area contributed by atoms with Gasteiger partial charge in [0, 0.05) is 48.5 Å². The second-order valence-corrected chi connectivity index (χ2v) is 9.81. The van der Waals surface area contributed by atoms with Crippen molar-refractivity contribution in [1.29, 1.82) is 0 Å². The highest BCUT2D eigenvalue weighted by Crippen LogP contribution is 2.24. The molecule has 6 heteroatoms. The van der Waals surface area contributed by atoms with E-state index in [-0.39, 0.29) is 29.5 Å². The molecule has 0 unspecified atom stereocenters. The maximum absolute atomic E-state index is 13.2. The average Bonchev–Trinajstić information content (AvgIpc) is 3.10. The summed E-state index contributed by atoms with van der Waals surface area (Å²) in [5, 5.41) is 3.26. The molecule has 5 nitrogen and oxygen atoms in total. The van der Waals surface area contributed by atoms with Crippen LogP contribution in [0.2, 0.25) is 0 Å². The molecule has 33 heavy (non-hydrogen) atoms. The lowest BCUT2D eigenvalue weighted by molar-refractivity contribution is -0.127. The summed E-state index contributed by atoms with van der Waals surface area (Å²) in [6.07, 6.45) is 7.44. The number of amides is 1. The smallest absolute Gasteiger partial charge is 0.223 e. The Morgan fingerprint density at radius 1 is 1.00 bits per heavy atom. The maximum Gasteiger partial charge on any atom is 0.223 e. The van der Waals surface area contributed by atoms with Crippen LogP contribution in [0, 0.1) is 25.6 Å². The second-order valence-electron chi connectivity index (χ2n) is 9.81. The van der Waals surface area contributed by atoms with E-state index in [1.54, 1.807) is 12.1 Å². The van der Waals surface area contributed by atoms with Crippen LogP contribution in [0.4, 0.5) is 4.39 Å². The molecule has 0 radical (unpaired) electrons. The van der Waals surface area contributed by atoms with Gasteiger partial charge in [-0.25, -0.2) is 4.39 Å². The van der Waals surface area contributed by atoms with Crippen LogP contribution in [0.3, 0.4) is 0 Å². The predicted octanol–water partition coefficient (Wildman–Crippen LogP) is 4.64. The maximum atomic E-state index is 13.2. The molecule has 1 aromatic carbocycles. The Labute approximate surface area is 196 Å². The number of likely N-dealkylation sites (tertiary alicyclic amines) is 1. The number of hydrogen-bond acceptors (Lipinski definition) is 3. The molecular weight excluding hydrogens is 417 g/mol. The number of nitrogens with one attached hydrogen (secondary N) is 1. The number of hydrogen-bond donors (Lipinski definition) is 1. The average molecular weight is 454 g/mol. The van der Waals surface area contributed by atoms with Gasteiger partial charge in [0.2, 0.25) is 5.91 Å². The number of nitrogens with zero attached hydrogens (tertiary/aromatic N) is 2. The van der Waals surface area contributed by atoms with Gasteiger partial charge in [-0.3, -0.25) is 14.5 Å². The first kappa shape index (κ1) is 23.7. The van der Waals surface area contributed by atoms with E-state index in [9.17, 15) is 14.0 Å². The molecule has 2 aliphatic rings. The number of Topliss-reactive ketones (excluding diaryl/α,β-unsaturated/α-hetero) is 1. The fourth-order valence-electron chi connectivity index (χ4n) is 5.31. The standard InChI is InChI=1S/C27H36FN3O2/c1-19-16-25(20(2)31(19)17-21-8-10-23(28)11-9-21)26(32)18-30-14-12-24(13-15-30)29-27(33)22-6-4-3-5-7-22/h8-11,16,22,24H,3-7,12-15,17-18H2,1-2H3,(H,29,33). The van der Waals surface area contributed by atoms with Crippen molar-refractivity contribution in [2.75, 3.05) is 19.6 Å². The zero-order chi connectivity index (χ0) is 23.4. The highest BCUT2D eigenvalue weighted by molar-refractivity contribution is 5.99. The van der Waals surface area contributed by atoms with Gasteiger partial charge in [0.15, 0.2) is 5.78 Å². The number of aromatic nitrogens is 1. The number of ketones is 1. The normalized spacial score (nSPS) is 18.4. The van der Waals surface area contributed by atoms with E-state index >= 15 is 0 Å². The van der Waals surface area contributed by atoms with Crippen molar-refractivity contribution in [2.45, 2.75) is 71.4 Å². The van der Waals surface area contributed by atoms with Crippen molar-refractivity contribution < 1.29 is 14.0 Å². The van der Waals surface area contributed by atoms with Gasteiger partial charge in [-0.1, -0.05) is 31.4 Å². The van der Waals surface area contributed by atoms with Crippen LogP contribution in [-0.4, -0.2) is 46.8 Å². The molecule has 0 spiro atoms. The van der Waals surface area contributed by atoms with Gasteiger partial charge >= 0.3 is 0 Å². The number of piperidine rings is 1. The van der Waals surface area contributed by atoms with Crippen LogP contribution >= 0.6 is 0 Å². The molecule has 1 aliphatic heterocycles. The number of halogens is 1. The molecule has 1 amide bonds. The minimum atomic E-state index is -0.243. The first-order valence-corrected chi connectivity index (χ1v) is 12.4. The number of carbonyl (C=O) groups is 2. The topological polar surface area (TPSA) is 54.3 Å². The van der Waals surface area contributed by atoms with E-state index < -0.39 is 0 Å². The van der Waals surface area contributed by atoms with E-state index in [0.29, 0.717) is 13.1 Å². The summed E-state index contributed by atoms with van der Waals surface area (Å²) in [4.78, 5) is 27.8. The molecule has 0 bridgehead atoms. The summed E-state index contributed by atoms with van der Waals surface area (Å²) in [6, 6.07) is 8.71. The highest BCUT2D eigenvalue weighted by Gasteiger charge is 2.27. The molecule has 0 atom stereocenters. The third kappa shape index (κ3) is 5.91. The quantitative estimate of drug-likeness (QED) is 0.622. The van der Waals surface area contributed by atoms with Gasteiger partial charge in [-0.15, -0.1) is 0 Å². The number of aryl methyl sites for hydroxylation is 1. The molecule has 1 aliphatic carbocycles. The Balaban J connectivity index is 1.29. The Morgan fingerprint density at radius 2 is 1.67 bits per heavy atom. The summed E-state index contributed by atoms with van der Waals surface area (Å²) < 4.78 is 15.3. The lowest BCUT2D eigenvalue weighted by Crippen LogP contribution is -2.47. The van der Waals surface area contributed by atoms with Crippen molar-refractivity contribution in [2.24, 2.45) is 5.92 Å². The molecule has 2 fully saturated rings. The molecular formula is C27H36FN3O2. The van der Waals surface area contributed by atoms with Crippen molar-refractivity contribution in [3.8, 4) is 0 Å². The molecule has 4 rings (SSSR count). The molecule has 1 saturated heterocycles. The fraction of sp³-hybridized carbons (Fsp3) is 0.556. The van der Waals surface area contributed by atoms with E-state index in [1.165, 1.54) is 31.4 Å². The summed E-state index contributed by atoms with van der Waals surface area (Å²) in [5.41, 5.74) is 3.76. The van der Waals surface area contributed by atoms with E-state index in [4.69, 9.17) is 0 Å². The van der Waals surface area contributed by atoms with Crippen LogP contribution in [0.1, 0.15) is 72.3 Å². The Bertz CT molecular complexity index is 968. The van der Waals surface area contributed by atoms with Gasteiger partial charge in [0.25, 0.3) is 0 Å². The minimum Gasteiger partial charge on any atom is -0.353 e. The van der Waals surface area contributed by atoms with Crippen LogP contribution < -0.4 is 5.32 Å². The molecule has 1 N–H and O–H groups in total. The molecule has 178 valence electrons. The largest absolute Gasteiger partial charge is 0.353 e. The fourth-order valence-corrected chi connectivity index (χ4v) is 5.31. The van der Waals surface area contributed by atoms with Crippen LogP contribution in [0.5, 0.6) is 0 Å². The summed E-state index contributed by atoms with van der Waals surface area (Å²) in [7, 11) is 0. The molecule has 2 heterocycles. The van der Waals surface area contributed by atoms with Gasteiger partial charge in [-0.05, 0) is 63.3 Å². The molecule has 1 saturated carbocycles. The van der Waals surface area contributed by atoms with E-state index in [1.807, 2.05) is 19.9 Å². The summed E-state index contributed by atoms with van der Waals surface area (Å²) in [6.45, 7) is 6.68. The number of benzene rings is 1. The highest BCUT2D eigenvalue weighted by atomic mass is 19.1. The predicted molar refractivity (Wildman–Crippen MR) is 128 cm³/mol. The van der Waals surface area contributed by atoms with Crippen molar-refractivity contribution in [1.82, 2.24) is 14.8 Å². The van der Waals surface area contributed by atoms with Gasteiger partial charge < -0.3 is 9.88 Å². The van der Waals surface area contributed by atoms with Gasteiger partial charge in [0.1, 0.15) is 5.82 Å². The first-order valence-electron chi connectivity index (χ1n) is 12.4. The third-order valence-electron chi connectivity index (χ3n) is 7.41. The zero-order valence-corrected chi connectivity index (χ0v) is 19.9. The van der Waals surface area contributed by atoms with E-state index in [0.717, 1.165) is 61.3 Å². The first-order chi connectivity index (χ1) is 15.9. The van der Waals surface area contributed by atoms with Crippen molar-refractivity contribution in [3.05, 3.63) is 58.7 Å². The monoisotopic (exact) mass is 453 g/mol. The summed E-state index contributed by atoms with van der Waals surface area (Å²) >= 11 is 0. The van der Waals surface area contributed by atoms with Gasteiger partial charge in [-0.2, -0.15) is 0 Å². The lowest BCUT2D eigenvalue weighted by Gasteiger charge is -2.33. The SMILES string of the molecule is Cc1cc(C(=O)CN2CCC(NC(=O)C3CCCCC3)CC2)c(C)n1Cc1ccc(F)cc1. The van der Waals surface area contributed by atoms with E-state index in [2.05, 4.69) is 14.8 Å². The number of carbonyl (C=O) groups excluding carboxylic acids is 2. The Morgan fingerprint density at radius 3 is 2.33 bits per heavy atom. The minimum absolute atomic E-state index is 0.137. The summed E-state index contributed by atoms with van der Waals surface area (Å²) in [5.74, 6) is 0.326. The zero-order valence-electron chi connectivity index (χ0n) is 19.9. The Hall–Kier alpha value is -2.47. The molecule has 2 aromatic rings. The van der Waals surface area contributed by atoms with Gasteiger partial charge in [0.05, 0.1) is 6.54 Å². The third-order valence-corrected chi connectivity index (χ3v) is 7.41. The van der Waals surface area contributed by atoms with Crippen LogP contribution in [0.15, 0.2) is 30.3 Å². The van der Waals surface area contributed by atoms with Crippen LogP contribution in [0.25, 0.3) is 0 Å². The molecule has 1 aromatic heterocycles. The number of rotatable bonds is 7.